The van der Waals surface area contributed by atoms with Gasteiger partial charge in [-0.3, -0.25) is 0 Å². The van der Waals surface area contributed by atoms with Gasteiger partial charge in [-0.15, -0.1) is 0 Å². The van der Waals surface area contributed by atoms with Crippen molar-refractivity contribution in [3.8, 4) is 11.8 Å². The molecule has 26 heavy (non-hydrogen) atoms. The van der Waals surface area contributed by atoms with E-state index in [0.717, 1.165) is 36.5 Å². The number of fused-ring (bicyclic) bond motifs is 1. The molecule has 0 heterocycles. The van der Waals surface area contributed by atoms with Crippen molar-refractivity contribution < 1.29 is 13.2 Å². The van der Waals surface area contributed by atoms with Gasteiger partial charge in [-0.05, 0) is 60.6 Å². The van der Waals surface area contributed by atoms with Crippen LogP contribution in [-0.4, -0.2) is 0 Å². The van der Waals surface area contributed by atoms with Crippen LogP contribution in [-0.2, 0) is 12.8 Å². The first-order valence-corrected chi connectivity index (χ1v) is 9.35. The molecule has 2 aromatic carbocycles. The number of aryl methyl sites for hydroxylation is 1. The van der Waals surface area contributed by atoms with Gasteiger partial charge in [0.25, 0.3) is 0 Å². The van der Waals surface area contributed by atoms with Gasteiger partial charge in [0.05, 0.1) is 0 Å². The predicted molar refractivity (Wildman–Crippen MR) is 98.4 cm³/mol. The highest BCUT2D eigenvalue weighted by Gasteiger charge is 2.18. The third-order valence-electron chi connectivity index (χ3n) is 5.09. The summed E-state index contributed by atoms with van der Waals surface area (Å²) >= 11 is 0. The molecule has 0 spiro atoms. The summed E-state index contributed by atoms with van der Waals surface area (Å²) in [4.78, 5) is 0. The molecular weight excluding hydrogens is 333 g/mol. The lowest BCUT2D eigenvalue weighted by molar-refractivity contribution is 0.408. The van der Waals surface area contributed by atoms with Crippen molar-refractivity contribution in [3.05, 3.63) is 70.0 Å². The van der Waals surface area contributed by atoms with E-state index in [1.165, 1.54) is 43.2 Å². The van der Waals surface area contributed by atoms with E-state index in [0.29, 0.717) is 0 Å². The Balaban J connectivity index is 1.71. The monoisotopic (exact) mass is 356 g/mol. The first-order chi connectivity index (χ1) is 12.6. The van der Waals surface area contributed by atoms with E-state index in [9.17, 15) is 13.2 Å². The molecule has 0 saturated carbocycles. The lowest BCUT2D eigenvalue weighted by Gasteiger charge is -2.24. The van der Waals surface area contributed by atoms with Crippen LogP contribution in [0.15, 0.2) is 30.3 Å². The quantitative estimate of drug-likeness (QED) is 0.348. The number of unbranched alkanes of at least 4 members (excludes halogenated alkanes) is 2. The first-order valence-electron chi connectivity index (χ1n) is 9.35. The molecule has 0 N–H and O–H groups in total. The van der Waals surface area contributed by atoms with Crippen molar-refractivity contribution in [1.82, 2.24) is 0 Å². The topological polar surface area (TPSA) is 0 Å². The molecule has 0 fully saturated rings. The maximum absolute atomic E-state index is 13.3. The van der Waals surface area contributed by atoms with E-state index in [2.05, 4.69) is 30.9 Å². The van der Waals surface area contributed by atoms with Gasteiger partial charge in [-0.25, -0.2) is 13.2 Å². The van der Waals surface area contributed by atoms with Gasteiger partial charge >= 0.3 is 0 Å². The third kappa shape index (κ3) is 4.49. The van der Waals surface area contributed by atoms with E-state index in [4.69, 9.17) is 0 Å². The molecule has 3 heteroatoms. The molecule has 0 aliphatic heterocycles. The van der Waals surface area contributed by atoms with Gasteiger partial charge in [0.1, 0.15) is 0 Å². The predicted octanol–water partition coefficient (Wildman–Crippen LogP) is 6.19. The zero-order chi connectivity index (χ0) is 18.5. The highest BCUT2D eigenvalue weighted by molar-refractivity contribution is 5.46. The second kappa shape index (κ2) is 8.45. The maximum atomic E-state index is 13.3. The molecule has 0 bridgehead atoms. The second-order valence-electron chi connectivity index (χ2n) is 7.09. The Morgan fingerprint density at radius 3 is 2.38 bits per heavy atom. The van der Waals surface area contributed by atoms with E-state index in [-0.39, 0.29) is 5.56 Å². The second-order valence-corrected chi connectivity index (χ2v) is 7.09. The highest BCUT2D eigenvalue weighted by atomic mass is 19.2. The summed E-state index contributed by atoms with van der Waals surface area (Å²) in [6, 6.07) is 7.99. The summed E-state index contributed by atoms with van der Waals surface area (Å²) in [6.45, 7) is 2.23. The van der Waals surface area contributed by atoms with Crippen LogP contribution in [0.4, 0.5) is 13.2 Å². The third-order valence-corrected chi connectivity index (χ3v) is 5.09. The van der Waals surface area contributed by atoms with Crippen molar-refractivity contribution >= 4 is 0 Å². The molecular formula is C23H23F3. The molecule has 1 aliphatic rings. The van der Waals surface area contributed by atoms with Crippen LogP contribution in [0, 0.1) is 35.2 Å². The van der Waals surface area contributed by atoms with Gasteiger partial charge in [0.15, 0.2) is 17.5 Å². The number of hydrogen-bond donors (Lipinski definition) is 0. The van der Waals surface area contributed by atoms with Crippen LogP contribution in [0.5, 0.6) is 0 Å². The number of rotatable bonds is 4. The summed E-state index contributed by atoms with van der Waals surface area (Å²) in [5.41, 5.74) is 3.66. The maximum Gasteiger partial charge on any atom is 0.194 e. The van der Waals surface area contributed by atoms with Gasteiger partial charge in [0, 0.05) is 11.1 Å². The highest BCUT2D eigenvalue weighted by Crippen LogP contribution is 2.29. The van der Waals surface area contributed by atoms with Crippen molar-refractivity contribution in [2.75, 3.05) is 0 Å². The van der Waals surface area contributed by atoms with Crippen molar-refractivity contribution in [1.29, 1.82) is 0 Å². The van der Waals surface area contributed by atoms with E-state index in [1.807, 2.05) is 6.07 Å². The summed E-state index contributed by atoms with van der Waals surface area (Å²) < 4.78 is 39.5. The molecule has 2 aromatic rings. The van der Waals surface area contributed by atoms with Crippen LogP contribution in [0.2, 0.25) is 0 Å². The minimum atomic E-state index is -1.46. The van der Waals surface area contributed by atoms with Gasteiger partial charge in [0.2, 0.25) is 0 Å². The Kier molecular flexibility index (Phi) is 6.04. The Bertz CT molecular complexity index is 819. The summed E-state index contributed by atoms with van der Waals surface area (Å²) in [5, 5.41) is 0. The fourth-order valence-corrected chi connectivity index (χ4v) is 3.61. The molecule has 0 aromatic heterocycles. The summed E-state index contributed by atoms with van der Waals surface area (Å²) in [5.74, 6) is 2.54. The number of halogens is 3. The Hall–Kier alpha value is -2.21. The van der Waals surface area contributed by atoms with E-state index >= 15 is 0 Å². The Morgan fingerprint density at radius 1 is 0.923 bits per heavy atom. The van der Waals surface area contributed by atoms with Crippen molar-refractivity contribution in [2.24, 2.45) is 5.92 Å². The molecule has 1 aliphatic carbocycles. The minimum Gasteiger partial charge on any atom is -0.204 e. The molecule has 0 radical (unpaired) electrons. The van der Waals surface area contributed by atoms with Crippen LogP contribution in [0.3, 0.4) is 0 Å². The lowest BCUT2D eigenvalue weighted by atomic mass is 9.81. The molecule has 0 nitrogen and oxygen atoms in total. The average molecular weight is 356 g/mol. The summed E-state index contributed by atoms with van der Waals surface area (Å²) in [7, 11) is 0. The average Bonchev–Trinajstić information content (AvgIpc) is 2.64. The van der Waals surface area contributed by atoms with Crippen LogP contribution in [0.25, 0.3) is 0 Å². The minimum absolute atomic E-state index is 0.134. The van der Waals surface area contributed by atoms with Crippen LogP contribution < -0.4 is 0 Å². The first kappa shape index (κ1) is 18.6. The molecule has 1 unspecified atom stereocenters. The number of hydrogen-bond acceptors (Lipinski definition) is 0. The zero-order valence-electron chi connectivity index (χ0n) is 15.0. The van der Waals surface area contributed by atoms with Gasteiger partial charge < -0.3 is 0 Å². The van der Waals surface area contributed by atoms with Crippen molar-refractivity contribution in [2.45, 2.75) is 51.9 Å². The van der Waals surface area contributed by atoms with E-state index in [1.54, 1.807) is 0 Å². The Morgan fingerprint density at radius 2 is 1.65 bits per heavy atom. The standard InChI is InChI=1S/C23H23F3/c1-2-3-4-5-16-8-10-20-13-17(9-11-19(20)12-16)6-7-18-14-21(24)23(26)22(25)15-18/h9,11,13-16H,2-5,8,10,12H2,1H3. The molecule has 136 valence electrons. The molecule has 3 rings (SSSR count). The van der Waals surface area contributed by atoms with Crippen LogP contribution in [0.1, 0.15) is 61.3 Å². The largest absolute Gasteiger partial charge is 0.204 e. The summed E-state index contributed by atoms with van der Waals surface area (Å²) in [6.07, 6.45) is 8.57. The molecule has 0 saturated heterocycles. The normalized spacial score (nSPS) is 15.9. The van der Waals surface area contributed by atoms with Gasteiger partial charge in [-0.1, -0.05) is 50.5 Å². The smallest absolute Gasteiger partial charge is 0.194 e. The number of benzene rings is 2. The van der Waals surface area contributed by atoms with E-state index < -0.39 is 17.5 Å². The molecule has 0 amide bonds. The molecule has 1 atom stereocenters. The Labute approximate surface area is 153 Å². The SMILES string of the molecule is CCCCCC1CCc2cc(C#Cc3cc(F)c(F)c(F)c3)ccc2C1. The van der Waals surface area contributed by atoms with Crippen LogP contribution >= 0.6 is 0 Å². The zero-order valence-corrected chi connectivity index (χ0v) is 15.0. The van der Waals surface area contributed by atoms with Gasteiger partial charge in [-0.2, -0.15) is 0 Å². The fraction of sp³-hybridized carbons (Fsp3) is 0.391. The lowest BCUT2D eigenvalue weighted by Crippen LogP contribution is -2.14. The fourth-order valence-electron chi connectivity index (χ4n) is 3.61. The van der Waals surface area contributed by atoms with Crippen molar-refractivity contribution in [3.63, 3.8) is 0 Å².